The summed E-state index contributed by atoms with van der Waals surface area (Å²) in [6, 6.07) is 0. The second-order valence-electron chi connectivity index (χ2n) is 5.06. The molecular weight excluding hydrogens is 224 g/mol. The van der Waals surface area contributed by atoms with Crippen molar-refractivity contribution < 1.29 is 9.53 Å². The molecule has 0 rings (SSSR count). The zero-order valence-corrected chi connectivity index (χ0v) is 12.3. The third kappa shape index (κ3) is 9.26. The molecule has 0 aliphatic heterocycles. The van der Waals surface area contributed by atoms with Crippen LogP contribution in [0, 0.1) is 12.3 Å². The molecule has 0 saturated carbocycles. The lowest BCUT2D eigenvalue weighted by Crippen LogP contribution is -2.08. The highest BCUT2D eigenvalue weighted by atomic mass is 16.5. The Bertz CT molecular complexity index is 233. The molecule has 0 N–H and O–H groups in total. The number of hydrogen-bond acceptors (Lipinski definition) is 2. The summed E-state index contributed by atoms with van der Waals surface area (Å²) >= 11 is 0. The molecule has 18 heavy (non-hydrogen) atoms. The van der Waals surface area contributed by atoms with Crippen LogP contribution >= 0.6 is 0 Å². The molecule has 2 heteroatoms. The van der Waals surface area contributed by atoms with Crippen molar-refractivity contribution >= 4 is 5.97 Å². The van der Waals surface area contributed by atoms with Crippen molar-refractivity contribution in [3.8, 4) is 0 Å². The quantitative estimate of drug-likeness (QED) is 0.303. The third-order valence-corrected chi connectivity index (χ3v) is 3.12. The van der Waals surface area contributed by atoms with Gasteiger partial charge in [-0.1, -0.05) is 46.1 Å². The third-order valence-electron chi connectivity index (χ3n) is 3.12. The Morgan fingerprint density at radius 3 is 2.50 bits per heavy atom. The molecule has 0 spiro atoms. The van der Waals surface area contributed by atoms with E-state index in [4.69, 9.17) is 4.74 Å². The molecule has 2 nitrogen and oxygen atoms in total. The van der Waals surface area contributed by atoms with E-state index < -0.39 is 0 Å². The number of carbonyl (C=O) groups excluding carboxylic acids is 1. The minimum absolute atomic E-state index is 0.264. The van der Waals surface area contributed by atoms with Gasteiger partial charge < -0.3 is 4.74 Å². The van der Waals surface area contributed by atoms with E-state index in [1.165, 1.54) is 32.1 Å². The van der Waals surface area contributed by atoms with Gasteiger partial charge in [0.1, 0.15) is 0 Å². The maximum atomic E-state index is 11.2. The van der Waals surface area contributed by atoms with E-state index in [9.17, 15) is 4.79 Å². The van der Waals surface area contributed by atoms with Crippen LogP contribution in [0.1, 0.15) is 65.7 Å². The summed E-state index contributed by atoms with van der Waals surface area (Å²) in [6.07, 6.45) is 10.8. The summed E-state index contributed by atoms with van der Waals surface area (Å²) in [4.78, 5) is 11.2. The van der Waals surface area contributed by atoms with Gasteiger partial charge >= 0.3 is 5.97 Å². The van der Waals surface area contributed by atoms with E-state index in [1.807, 2.05) is 0 Å². The highest BCUT2D eigenvalue weighted by Crippen LogP contribution is 2.20. The minimum atomic E-state index is -0.264. The largest absolute Gasteiger partial charge is 0.462 e. The van der Waals surface area contributed by atoms with E-state index in [1.54, 1.807) is 6.92 Å². The van der Waals surface area contributed by atoms with Crippen LogP contribution < -0.4 is 0 Å². The van der Waals surface area contributed by atoms with Gasteiger partial charge in [-0.2, -0.15) is 0 Å². The molecule has 0 fully saturated rings. The van der Waals surface area contributed by atoms with Crippen molar-refractivity contribution in [2.75, 3.05) is 6.61 Å². The maximum absolute atomic E-state index is 11.2. The standard InChI is InChI=1S/C16H29O2/c1-5-7-8-11-15(10-6-2)12-9-13-18-16(17)14(3)4/h6,15H,3,5,7-13H2,1-2,4H3. The van der Waals surface area contributed by atoms with E-state index in [2.05, 4.69) is 26.8 Å². The van der Waals surface area contributed by atoms with Crippen molar-refractivity contribution in [2.24, 2.45) is 5.92 Å². The van der Waals surface area contributed by atoms with Crippen LogP contribution in [0.3, 0.4) is 0 Å². The smallest absolute Gasteiger partial charge is 0.333 e. The van der Waals surface area contributed by atoms with E-state index in [0.29, 0.717) is 12.2 Å². The molecular formula is C16H29O2. The van der Waals surface area contributed by atoms with Gasteiger partial charge in [-0.05, 0) is 38.5 Å². The van der Waals surface area contributed by atoms with Crippen LogP contribution in [-0.4, -0.2) is 12.6 Å². The fraction of sp³-hybridized carbons (Fsp3) is 0.750. The van der Waals surface area contributed by atoms with Crippen molar-refractivity contribution in [3.05, 3.63) is 18.6 Å². The van der Waals surface area contributed by atoms with Crippen LogP contribution in [0.15, 0.2) is 12.2 Å². The Morgan fingerprint density at radius 1 is 1.28 bits per heavy atom. The lowest BCUT2D eigenvalue weighted by Gasteiger charge is -2.15. The summed E-state index contributed by atoms with van der Waals surface area (Å²) in [6.45, 7) is 10.1. The fourth-order valence-electron chi connectivity index (χ4n) is 2.06. The number of esters is 1. The molecule has 1 atom stereocenters. The van der Waals surface area contributed by atoms with Crippen molar-refractivity contribution in [1.82, 2.24) is 0 Å². The molecule has 0 amide bonds. The molecule has 0 aromatic heterocycles. The normalized spacial score (nSPS) is 12.2. The van der Waals surface area contributed by atoms with Gasteiger partial charge in [0.15, 0.2) is 0 Å². The molecule has 0 aliphatic rings. The Morgan fingerprint density at radius 2 is 1.94 bits per heavy atom. The first kappa shape index (κ1) is 17.2. The predicted molar refractivity (Wildman–Crippen MR) is 77.2 cm³/mol. The second-order valence-corrected chi connectivity index (χ2v) is 5.06. The van der Waals surface area contributed by atoms with E-state index in [-0.39, 0.29) is 5.97 Å². The monoisotopic (exact) mass is 253 g/mol. The highest BCUT2D eigenvalue weighted by Gasteiger charge is 2.08. The van der Waals surface area contributed by atoms with Gasteiger partial charge in [0.2, 0.25) is 0 Å². The molecule has 0 aliphatic carbocycles. The number of rotatable bonds is 11. The first-order chi connectivity index (χ1) is 8.61. The summed E-state index contributed by atoms with van der Waals surface area (Å²) in [5.74, 6) is 0.490. The van der Waals surface area contributed by atoms with Gasteiger partial charge in [-0.15, -0.1) is 0 Å². The Labute approximate surface area is 113 Å². The Kier molecular flexibility index (Phi) is 10.8. The highest BCUT2D eigenvalue weighted by molar-refractivity contribution is 5.86. The first-order valence-corrected chi connectivity index (χ1v) is 7.22. The van der Waals surface area contributed by atoms with Crippen LogP contribution in [0.5, 0.6) is 0 Å². The maximum Gasteiger partial charge on any atom is 0.333 e. The summed E-state index contributed by atoms with van der Waals surface area (Å²) in [5, 5.41) is 0. The molecule has 0 heterocycles. The molecule has 0 aromatic rings. The number of hydrogen-bond donors (Lipinski definition) is 0. The van der Waals surface area contributed by atoms with Gasteiger partial charge in [-0.3, -0.25) is 0 Å². The first-order valence-electron chi connectivity index (χ1n) is 7.22. The second kappa shape index (κ2) is 11.3. The molecule has 1 radical (unpaired) electrons. The Balaban J connectivity index is 3.68. The SMILES string of the molecule is C=C(C)C(=O)OCCCC(C[CH]C)CCCCC. The lowest BCUT2D eigenvalue weighted by molar-refractivity contribution is -0.139. The van der Waals surface area contributed by atoms with E-state index >= 15 is 0 Å². The summed E-state index contributed by atoms with van der Waals surface area (Å²) in [5.41, 5.74) is 0.483. The molecule has 0 bridgehead atoms. The zero-order chi connectivity index (χ0) is 13.8. The lowest BCUT2D eigenvalue weighted by atomic mass is 9.92. The van der Waals surface area contributed by atoms with Crippen molar-refractivity contribution in [3.63, 3.8) is 0 Å². The number of carbonyl (C=O) groups is 1. The summed E-state index contributed by atoms with van der Waals surface area (Å²) in [7, 11) is 0. The van der Waals surface area contributed by atoms with Crippen LogP contribution in [-0.2, 0) is 9.53 Å². The Hall–Kier alpha value is -0.790. The molecule has 105 valence electrons. The van der Waals surface area contributed by atoms with Crippen LogP contribution in [0.4, 0.5) is 0 Å². The minimum Gasteiger partial charge on any atom is -0.462 e. The summed E-state index contributed by atoms with van der Waals surface area (Å²) < 4.78 is 5.11. The predicted octanol–water partition coefficient (Wildman–Crippen LogP) is 4.70. The van der Waals surface area contributed by atoms with Crippen LogP contribution in [0.2, 0.25) is 0 Å². The van der Waals surface area contributed by atoms with Gasteiger partial charge in [0.25, 0.3) is 0 Å². The van der Waals surface area contributed by atoms with Crippen molar-refractivity contribution in [1.29, 1.82) is 0 Å². The molecule has 0 saturated heterocycles. The van der Waals surface area contributed by atoms with E-state index in [0.717, 1.165) is 18.8 Å². The fourth-order valence-corrected chi connectivity index (χ4v) is 2.06. The average molecular weight is 253 g/mol. The number of unbranched alkanes of at least 4 members (excludes halogenated alkanes) is 2. The molecule has 0 aromatic carbocycles. The van der Waals surface area contributed by atoms with Gasteiger partial charge in [-0.25, -0.2) is 4.79 Å². The van der Waals surface area contributed by atoms with Gasteiger partial charge in [0.05, 0.1) is 6.61 Å². The van der Waals surface area contributed by atoms with Crippen LogP contribution in [0.25, 0.3) is 0 Å². The zero-order valence-electron chi connectivity index (χ0n) is 12.3. The number of ether oxygens (including phenoxy) is 1. The molecule has 1 unspecified atom stereocenters. The topological polar surface area (TPSA) is 26.3 Å². The average Bonchev–Trinajstić information content (AvgIpc) is 2.34. The van der Waals surface area contributed by atoms with Crippen molar-refractivity contribution in [2.45, 2.75) is 65.7 Å². The van der Waals surface area contributed by atoms with Gasteiger partial charge in [0, 0.05) is 5.57 Å².